The maximum absolute atomic E-state index is 12.1. The molecular weight excluding hydrogens is 224 g/mol. The number of methoxy groups -OCH3 is 1. The minimum Gasteiger partial charge on any atom is -0.468 e. The number of carbonyl (C=O) groups is 1. The summed E-state index contributed by atoms with van der Waals surface area (Å²) >= 11 is 0. The van der Waals surface area contributed by atoms with Crippen molar-refractivity contribution in [2.24, 2.45) is 5.41 Å². The van der Waals surface area contributed by atoms with Crippen molar-refractivity contribution in [2.75, 3.05) is 7.11 Å². The number of hydrogen-bond donors (Lipinski definition) is 0. The molecule has 2 nitrogen and oxygen atoms in total. The largest absolute Gasteiger partial charge is 0.468 e. The second kappa shape index (κ2) is 4.42. The first-order chi connectivity index (χ1) is 8.48. The average molecular weight is 246 g/mol. The molecule has 1 fully saturated rings. The Kier molecular flexibility index (Phi) is 3.22. The molecule has 1 saturated carbocycles. The van der Waals surface area contributed by atoms with Crippen LogP contribution in [0.15, 0.2) is 24.3 Å². The quantitative estimate of drug-likeness (QED) is 0.760. The van der Waals surface area contributed by atoms with E-state index in [1.807, 2.05) is 0 Å². The molecule has 0 radical (unpaired) electrons. The molecule has 0 bridgehead atoms. The minimum atomic E-state index is -0.424. The van der Waals surface area contributed by atoms with E-state index in [1.54, 1.807) is 0 Å². The van der Waals surface area contributed by atoms with Crippen LogP contribution in [0.2, 0.25) is 0 Å². The van der Waals surface area contributed by atoms with Gasteiger partial charge in [-0.1, -0.05) is 51.5 Å². The van der Waals surface area contributed by atoms with Crippen LogP contribution in [0.5, 0.6) is 0 Å². The molecular formula is C16H22O2. The molecule has 18 heavy (non-hydrogen) atoms. The summed E-state index contributed by atoms with van der Waals surface area (Å²) in [5, 5.41) is 0. The van der Waals surface area contributed by atoms with Gasteiger partial charge in [-0.25, -0.2) is 0 Å². The van der Waals surface area contributed by atoms with Crippen LogP contribution in [0.1, 0.15) is 44.7 Å². The molecule has 1 aliphatic rings. The highest BCUT2D eigenvalue weighted by molar-refractivity contribution is 5.88. The Morgan fingerprint density at radius 2 is 1.83 bits per heavy atom. The molecule has 0 saturated heterocycles. The van der Waals surface area contributed by atoms with Crippen LogP contribution >= 0.6 is 0 Å². The van der Waals surface area contributed by atoms with Gasteiger partial charge in [0.05, 0.1) is 12.5 Å². The predicted octanol–water partition coefficient (Wildman–Crippen LogP) is 3.48. The van der Waals surface area contributed by atoms with E-state index in [4.69, 9.17) is 4.74 Å². The van der Waals surface area contributed by atoms with Gasteiger partial charge in [-0.3, -0.25) is 4.79 Å². The molecule has 0 spiro atoms. The molecule has 1 unspecified atom stereocenters. The molecule has 1 aromatic carbocycles. The highest BCUT2D eigenvalue weighted by Gasteiger charge is 2.68. The topological polar surface area (TPSA) is 26.3 Å². The smallest absolute Gasteiger partial charge is 0.316 e. The van der Waals surface area contributed by atoms with Crippen LogP contribution < -0.4 is 0 Å². The zero-order valence-corrected chi connectivity index (χ0v) is 11.7. The monoisotopic (exact) mass is 246 g/mol. The number of hydrogen-bond acceptors (Lipinski definition) is 2. The van der Waals surface area contributed by atoms with Crippen molar-refractivity contribution in [3.8, 4) is 0 Å². The van der Waals surface area contributed by atoms with Gasteiger partial charge in [0, 0.05) is 0 Å². The molecule has 2 heteroatoms. The first-order valence-electron chi connectivity index (χ1n) is 6.66. The summed E-state index contributed by atoms with van der Waals surface area (Å²) in [4.78, 5) is 12.1. The molecule has 1 aromatic rings. The highest BCUT2D eigenvalue weighted by Crippen LogP contribution is 2.64. The van der Waals surface area contributed by atoms with Crippen molar-refractivity contribution in [1.82, 2.24) is 0 Å². The summed E-state index contributed by atoms with van der Waals surface area (Å²) in [5.74, 6) is -0.101. The van der Waals surface area contributed by atoms with Crippen molar-refractivity contribution in [3.05, 3.63) is 35.4 Å². The summed E-state index contributed by atoms with van der Waals surface area (Å²) in [6.07, 6.45) is 3.11. The molecule has 0 amide bonds. The summed E-state index contributed by atoms with van der Waals surface area (Å²) < 4.78 is 5.01. The van der Waals surface area contributed by atoms with E-state index in [0.717, 1.165) is 24.8 Å². The van der Waals surface area contributed by atoms with Crippen LogP contribution in [0.3, 0.4) is 0 Å². The Morgan fingerprint density at radius 1 is 1.28 bits per heavy atom. The van der Waals surface area contributed by atoms with Gasteiger partial charge in [-0.2, -0.15) is 0 Å². The van der Waals surface area contributed by atoms with Crippen molar-refractivity contribution in [1.29, 1.82) is 0 Å². The van der Waals surface area contributed by atoms with Crippen LogP contribution in [0.25, 0.3) is 0 Å². The van der Waals surface area contributed by atoms with Crippen LogP contribution in [-0.2, 0) is 21.4 Å². The van der Waals surface area contributed by atoms with Crippen LogP contribution in [0.4, 0.5) is 0 Å². The Bertz CT molecular complexity index is 445. The number of benzene rings is 1. The van der Waals surface area contributed by atoms with E-state index < -0.39 is 5.41 Å². The third-order valence-electron chi connectivity index (χ3n) is 4.26. The first-order valence-corrected chi connectivity index (χ1v) is 6.66. The van der Waals surface area contributed by atoms with E-state index in [1.165, 1.54) is 12.7 Å². The lowest BCUT2D eigenvalue weighted by Crippen LogP contribution is -2.27. The lowest BCUT2D eigenvalue weighted by molar-refractivity contribution is -0.144. The molecule has 1 aliphatic carbocycles. The van der Waals surface area contributed by atoms with Gasteiger partial charge in [0.25, 0.3) is 0 Å². The van der Waals surface area contributed by atoms with E-state index in [-0.39, 0.29) is 11.4 Å². The highest BCUT2D eigenvalue weighted by atomic mass is 16.5. The van der Waals surface area contributed by atoms with E-state index in [0.29, 0.717) is 0 Å². The van der Waals surface area contributed by atoms with Gasteiger partial charge in [0.1, 0.15) is 0 Å². The third kappa shape index (κ3) is 1.84. The molecule has 1 atom stereocenters. The summed E-state index contributed by atoms with van der Waals surface area (Å²) in [5.41, 5.74) is 2.01. The number of carbonyl (C=O) groups excluding carboxylic acids is 1. The Labute approximate surface area is 109 Å². The summed E-state index contributed by atoms with van der Waals surface area (Å²) in [6.45, 7) is 6.43. The first kappa shape index (κ1) is 13.1. The normalized spacial score (nSPS) is 24.7. The van der Waals surface area contributed by atoms with Gasteiger partial charge >= 0.3 is 5.97 Å². The molecule has 0 heterocycles. The van der Waals surface area contributed by atoms with Gasteiger partial charge < -0.3 is 4.74 Å². The fraction of sp³-hybridized carbons (Fsp3) is 0.562. The molecule has 0 aliphatic heterocycles. The maximum Gasteiger partial charge on any atom is 0.316 e. The van der Waals surface area contributed by atoms with Crippen molar-refractivity contribution in [2.45, 2.75) is 45.4 Å². The average Bonchev–Trinajstić information content (AvgIpc) is 2.94. The van der Waals surface area contributed by atoms with Crippen molar-refractivity contribution >= 4 is 5.97 Å². The van der Waals surface area contributed by atoms with Crippen molar-refractivity contribution in [3.63, 3.8) is 0 Å². The zero-order valence-electron chi connectivity index (χ0n) is 11.7. The van der Waals surface area contributed by atoms with Crippen molar-refractivity contribution < 1.29 is 9.53 Å². The summed E-state index contributed by atoms with van der Waals surface area (Å²) in [7, 11) is 1.48. The zero-order chi connectivity index (χ0) is 13.4. The van der Waals surface area contributed by atoms with Gasteiger partial charge in [-0.15, -0.1) is 0 Å². The number of aryl methyl sites for hydroxylation is 1. The molecule has 0 aromatic heterocycles. The fourth-order valence-corrected chi connectivity index (χ4v) is 3.00. The second-order valence-corrected chi connectivity index (χ2v) is 5.90. The Balaban J connectivity index is 2.32. The number of rotatable bonds is 4. The second-order valence-electron chi connectivity index (χ2n) is 5.90. The van der Waals surface area contributed by atoms with Gasteiger partial charge in [-0.05, 0) is 29.4 Å². The molecule has 0 N–H and O–H groups in total. The Morgan fingerprint density at radius 3 is 2.22 bits per heavy atom. The number of esters is 1. The third-order valence-corrected chi connectivity index (χ3v) is 4.26. The van der Waals surface area contributed by atoms with Gasteiger partial charge in [0.2, 0.25) is 0 Å². The van der Waals surface area contributed by atoms with Crippen LogP contribution in [0, 0.1) is 5.41 Å². The van der Waals surface area contributed by atoms with E-state index in [2.05, 4.69) is 45.0 Å². The maximum atomic E-state index is 12.1. The van der Waals surface area contributed by atoms with Gasteiger partial charge in [0.15, 0.2) is 0 Å². The fourth-order valence-electron chi connectivity index (χ4n) is 3.00. The predicted molar refractivity (Wildman–Crippen MR) is 72.5 cm³/mol. The Hall–Kier alpha value is -1.31. The lowest BCUT2D eigenvalue weighted by atomic mass is 9.87. The lowest BCUT2D eigenvalue weighted by Gasteiger charge is -2.18. The van der Waals surface area contributed by atoms with E-state index in [9.17, 15) is 4.79 Å². The van der Waals surface area contributed by atoms with E-state index >= 15 is 0 Å². The molecule has 98 valence electrons. The summed E-state index contributed by atoms with van der Waals surface area (Å²) in [6, 6.07) is 8.46. The minimum absolute atomic E-state index is 0.00632. The standard InChI is InChI=1S/C16H22O2/c1-5-6-12-7-9-13(10-8-12)16(14(17)18-4)11-15(16,2)3/h7-10H,5-6,11H2,1-4H3. The number of ether oxygens (including phenoxy) is 1. The van der Waals surface area contributed by atoms with Crippen LogP contribution in [-0.4, -0.2) is 13.1 Å². The molecule has 2 rings (SSSR count). The SMILES string of the molecule is CCCc1ccc(C2(C(=O)OC)CC2(C)C)cc1.